The van der Waals surface area contributed by atoms with E-state index >= 15 is 0 Å². The van der Waals surface area contributed by atoms with Crippen molar-refractivity contribution in [1.29, 1.82) is 0 Å². The Morgan fingerprint density at radius 1 is 0.941 bits per heavy atom. The fourth-order valence-corrected chi connectivity index (χ4v) is 3.09. The van der Waals surface area contributed by atoms with Crippen molar-refractivity contribution in [3.8, 4) is 0 Å². The van der Waals surface area contributed by atoms with Crippen LogP contribution >= 0.6 is 0 Å². The van der Waals surface area contributed by atoms with E-state index in [-0.39, 0.29) is 0 Å². The van der Waals surface area contributed by atoms with Crippen molar-refractivity contribution < 1.29 is 46.1 Å². The summed E-state index contributed by atoms with van der Waals surface area (Å²) in [6.45, 7) is 3.59. The third-order valence-electron chi connectivity index (χ3n) is 4.70. The number of rotatable bonds is 4. The van der Waals surface area contributed by atoms with Crippen molar-refractivity contribution in [3.63, 3.8) is 0 Å². The third-order valence-corrected chi connectivity index (χ3v) is 4.70. The number of hydrogen-bond donors (Lipinski definition) is 2. The summed E-state index contributed by atoms with van der Waals surface area (Å²) in [5, 5.41) is 14.2. The van der Waals surface area contributed by atoms with Crippen LogP contribution in [0, 0.1) is 0 Å². The highest BCUT2D eigenvalue weighted by atomic mass is 19.4. The van der Waals surface area contributed by atoms with E-state index in [9.17, 15) is 26.3 Å². The van der Waals surface area contributed by atoms with E-state index < -0.39 is 24.3 Å². The lowest BCUT2D eigenvalue weighted by molar-refractivity contribution is -0.193. The summed E-state index contributed by atoms with van der Waals surface area (Å²) in [6.07, 6.45) is -2.59. The first-order chi connectivity index (χ1) is 15.8. The second-order valence-corrected chi connectivity index (χ2v) is 7.27. The lowest BCUT2D eigenvalue weighted by Gasteiger charge is -2.33. The Kier molecular flexibility index (Phi) is 11.5. The molecule has 1 atom stereocenters. The fourth-order valence-electron chi connectivity index (χ4n) is 3.09. The van der Waals surface area contributed by atoms with Gasteiger partial charge in [0.15, 0.2) is 0 Å². The first-order valence-electron chi connectivity index (χ1n) is 10.1. The van der Waals surface area contributed by atoms with Gasteiger partial charge in [-0.25, -0.2) is 9.59 Å². The molecule has 1 aliphatic rings. The molecule has 12 heteroatoms. The van der Waals surface area contributed by atoms with Crippen LogP contribution in [0.5, 0.6) is 0 Å². The van der Waals surface area contributed by atoms with Crippen molar-refractivity contribution in [2.45, 2.75) is 37.5 Å². The number of carbonyl (C=O) groups is 2. The molecule has 6 nitrogen and oxygen atoms in total. The molecule has 0 spiro atoms. The minimum Gasteiger partial charge on any atom is -0.475 e. The number of hydrogen-bond acceptors (Lipinski definition) is 4. The number of alkyl halides is 6. The van der Waals surface area contributed by atoms with Gasteiger partial charge in [-0.2, -0.15) is 26.3 Å². The Balaban J connectivity index is 0.000000343. The van der Waals surface area contributed by atoms with Crippen LogP contribution in [0.25, 0.3) is 0 Å². The zero-order valence-corrected chi connectivity index (χ0v) is 17.9. The molecule has 0 aliphatic carbocycles. The monoisotopic (exact) mass is 494 g/mol. The Bertz CT molecular complexity index is 852. The summed E-state index contributed by atoms with van der Waals surface area (Å²) >= 11 is 0. The smallest absolute Gasteiger partial charge is 0.475 e. The Morgan fingerprint density at radius 2 is 1.50 bits per heavy atom. The van der Waals surface area contributed by atoms with Crippen LogP contribution in [0.3, 0.4) is 0 Å². The van der Waals surface area contributed by atoms with E-state index in [0.29, 0.717) is 5.92 Å². The molecule has 2 heterocycles. The number of halogens is 6. The van der Waals surface area contributed by atoms with Gasteiger partial charge in [-0.3, -0.25) is 4.98 Å². The Labute approximate surface area is 191 Å². The first kappa shape index (κ1) is 28.9. The van der Waals surface area contributed by atoms with E-state index in [0.717, 1.165) is 13.0 Å². The summed E-state index contributed by atoms with van der Waals surface area (Å²) in [4.78, 5) is 24.6. The van der Waals surface area contributed by atoms with E-state index in [1.165, 1.54) is 37.1 Å². The number of aliphatic carboxylic acids is 2. The van der Waals surface area contributed by atoms with Crippen LogP contribution in [-0.2, 0) is 16.0 Å². The van der Waals surface area contributed by atoms with Gasteiger partial charge in [0.25, 0.3) is 0 Å². The number of pyridine rings is 1. The average Bonchev–Trinajstić information content (AvgIpc) is 2.79. The van der Waals surface area contributed by atoms with Crippen molar-refractivity contribution >= 4 is 11.9 Å². The quantitative estimate of drug-likeness (QED) is 0.596. The zero-order chi connectivity index (χ0) is 25.8. The average molecular weight is 494 g/mol. The number of carboxylic acids is 2. The van der Waals surface area contributed by atoms with E-state index in [2.05, 4.69) is 46.3 Å². The van der Waals surface area contributed by atoms with Gasteiger partial charge in [0, 0.05) is 25.5 Å². The molecule has 1 fully saturated rings. The minimum absolute atomic E-state index is 0.707. The molecule has 1 saturated heterocycles. The van der Waals surface area contributed by atoms with Crippen LogP contribution in [0.4, 0.5) is 26.3 Å². The number of piperidine rings is 1. The van der Waals surface area contributed by atoms with Crippen LogP contribution in [-0.4, -0.2) is 64.0 Å². The predicted octanol–water partition coefficient (Wildman–Crippen LogP) is 4.77. The van der Waals surface area contributed by atoms with Gasteiger partial charge in [-0.15, -0.1) is 0 Å². The topological polar surface area (TPSA) is 90.7 Å². The van der Waals surface area contributed by atoms with Gasteiger partial charge in [-0.05, 0) is 48.9 Å². The Hall–Kier alpha value is -3.15. The van der Waals surface area contributed by atoms with E-state index in [1.54, 1.807) is 0 Å². The molecule has 0 radical (unpaired) electrons. The fraction of sp³-hybridized carbons (Fsp3) is 0.409. The molecule has 34 heavy (non-hydrogen) atoms. The normalized spacial score (nSPS) is 16.4. The molecule has 1 unspecified atom stereocenters. The molecule has 2 aromatic rings. The molecular weight excluding hydrogens is 470 g/mol. The van der Waals surface area contributed by atoms with Gasteiger partial charge >= 0.3 is 24.3 Å². The molecule has 1 aromatic heterocycles. The maximum Gasteiger partial charge on any atom is 0.490 e. The number of nitrogens with zero attached hydrogens (tertiary/aromatic N) is 2. The van der Waals surface area contributed by atoms with Crippen LogP contribution in [0.1, 0.15) is 29.9 Å². The van der Waals surface area contributed by atoms with E-state index in [1.807, 2.05) is 18.5 Å². The SMILES string of the molecule is O=C(O)C(F)(F)F.O=C(O)C(F)(F)F.c1ccc(C2CCCN(CCc3cccnc3)C2)cc1. The van der Waals surface area contributed by atoms with Crippen LogP contribution < -0.4 is 0 Å². The number of benzene rings is 1. The van der Waals surface area contributed by atoms with Gasteiger partial charge in [0.2, 0.25) is 0 Å². The second kappa shape index (κ2) is 13.5. The largest absolute Gasteiger partial charge is 0.490 e. The highest BCUT2D eigenvalue weighted by Gasteiger charge is 2.38. The molecular formula is C22H24F6N2O4. The highest BCUT2D eigenvalue weighted by Crippen LogP contribution is 2.26. The maximum atomic E-state index is 10.6. The highest BCUT2D eigenvalue weighted by molar-refractivity contribution is 5.73. The van der Waals surface area contributed by atoms with Gasteiger partial charge in [0.1, 0.15) is 0 Å². The molecule has 0 bridgehead atoms. The maximum absolute atomic E-state index is 10.6. The minimum atomic E-state index is -5.08. The molecule has 188 valence electrons. The third kappa shape index (κ3) is 11.6. The van der Waals surface area contributed by atoms with Gasteiger partial charge in [-0.1, -0.05) is 36.4 Å². The number of likely N-dealkylation sites (tertiary alicyclic amines) is 1. The summed E-state index contributed by atoms with van der Waals surface area (Å²) in [5.41, 5.74) is 2.84. The summed E-state index contributed by atoms with van der Waals surface area (Å²) < 4.78 is 63.5. The second-order valence-electron chi connectivity index (χ2n) is 7.27. The zero-order valence-electron chi connectivity index (χ0n) is 17.9. The number of carboxylic acid groups (broad SMARTS) is 2. The molecule has 0 saturated carbocycles. The molecule has 3 rings (SSSR count). The lowest BCUT2D eigenvalue weighted by atomic mass is 9.90. The predicted molar refractivity (Wildman–Crippen MR) is 110 cm³/mol. The summed E-state index contributed by atoms with van der Waals surface area (Å²) in [7, 11) is 0. The van der Waals surface area contributed by atoms with Crippen LogP contribution in [0.15, 0.2) is 54.9 Å². The van der Waals surface area contributed by atoms with E-state index in [4.69, 9.17) is 19.8 Å². The summed E-state index contributed by atoms with van der Waals surface area (Å²) in [6, 6.07) is 15.2. The number of aromatic nitrogens is 1. The molecule has 1 aromatic carbocycles. The van der Waals surface area contributed by atoms with Crippen LogP contribution in [0.2, 0.25) is 0 Å². The molecule has 2 N–H and O–H groups in total. The lowest BCUT2D eigenvalue weighted by Crippen LogP contribution is -2.35. The molecule has 0 amide bonds. The van der Waals surface area contributed by atoms with Crippen molar-refractivity contribution in [1.82, 2.24) is 9.88 Å². The summed E-state index contributed by atoms with van der Waals surface area (Å²) in [5.74, 6) is -4.81. The van der Waals surface area contributed by atoms with Crippen molar-refractivity contribution in [2.24, 2.45) is 0 Å². The first-order valence-corrected chi connectivity index (χ1v) is 10.1. The van der Waals surface area contributed by atoms with Gasteiger partial charge < -0.3 is 15.1 Å². The molecule has 1 aliphatic heterocycles. The standard InChI is InChI=1S/C18H22N2.2C2HF3O2/c1-2-7-17(8-3-1)18-9-5-12-20(15-18)13-10-16-6-4-11-19-14-16;2*3-2(4,5)1(6)7/h1-4,6-8,11,14,18H,5,9-10,12-13,15H2;2*(H,6,7). The van der Waals surface area contributed by atoms with Gasteiger partial charge in [0.05, 0.1) is 0 Å². The van der Waals surface area contributed by atoms with Crippen molar-refractivity contribution in [2.75, 3.05) is 19.6 Å². The van der Waals surface area contributed by atoms with Crippen molar-refractivity contribution in [3.05, 3.63) is 66.0 Å². The Morgan fingerprint density at radius 3 is 1.97 bits per heavy atom.